The van der Waals surface area contributed by atoms with E-state index in [0.717, 1.165) is 11.1 Å². The topological polar surface area (TPSA) is 60.7 Å². The van der Waals surface area contributed by atoms with E-state index in [4.69, 9.17) is 15.2 Å². The summed E-state index contributed by atoms with van der Waals surface area (Å²) in [5, 5.41) is 26.4. The molecular formula is C8H11BO3. The van der Waals surface area contributed by atoms with Crippen LogP contribution in [0.1, 0.15) is 11.1 Å². The SMILES string of the molecule is Cc1cc(O)ccc1CB(O)O. The first kappa shape index (κ1) is 9.10. The van der Waals surface area contributed by atoms with E-state index in [2.05, 4.69) is 0 Å². The Bertz CT molecular complexity index is 273. The molecule has 3 nitrogen and oxygen atoms in total. The summed E-state index contributed by atoms with van der Waals surface area (Å²) >= 11 is 0. The number of hydrogen-bond donors (Lipinski definition) is 3. The van der Waals surface area contributed by atoms with Gasteiger partial charge in [-0.1, -0.05) is 6.07 Å². The highest BCUT2D eigenvalue weighted by atomic mass is 16.4. The first-order valence-corrected chi connectivity index (χ1v) is 3.74. The average molecular weight is 166 g/mol. The van der Waals surface area contributed by atoms with Crippen LogP contribution in [0.15, 0.2) is 18.2 Å². The molecule has 0 saturated carbocycles. The second-order valence-corrected chi connectivity index (χ2v) is 2.80. The Kier molecular flexibility index (Phi) is 2.73. The Morgan fingerprint density at radius 3 is 2.50 bits per heavy atom. The summed E-state index contributed by atoms with van der Waals surface area (Å²) < 4.78 is 0. The first-order chi connectivity index (χ1) is 5.59. The molecule has 0 aliphatic rings. The fourth-order valence-electron chi connectivity index (χ4n) is 1.11. The fraction of sp³-hybridized carbons (Fsp3) is 0.250. The van der Waals surface area contributed by atoms with Crippen molar-refractivity contribution in [2.24, 2.45) is 0 Å². The fourth-order valence-corrected chi connectivity index (χ4v) is 1.11. The van der Waals surface area contributed by atoms with Gasteiger partial charge in [-0.3, -0.25) is 0 Å². The van der Waals surface area contributed by atoms with Crippen molar-refractivity contribution in [3.05, 3.63) is 29.3 Å². The molecule has 0 spiro atoms. The molecule has 1 aromatic carbocycles. The second-order valence-electron chi connectivity index (χ2n) is 2.80. The normalized spacial score (nSPS) is 9.92. The van der Waals surface area contributed by atoms with Gasteiger partial charge in [0, 0.05) is 6.32 Å². The zero-order valence-electron chi connectivity index (χ0n) is 6.86. The lowest BCUT2D eigenvalue weighted by atomic mass is 9.80. The highest BCUT2D eigenvalue weighted by Gasteiger charge is 2.09. The first-order valence-electron chi connectivity index (χ1n) is 3.74. The van der Waals surface area contributed by atoms with Crippen molar-refractivity contribution in [2.45, 2.75) is 13.2 Å². The van der Waals surface area contributed by atoms with Gasteiger partial charge in [0.15, 0.2) is 0 Å². The van der Waals surface area contributed by atoms with Crippen LogP contribution in [0.25, 0.3) is 0 Å². The van der Waals surface area contributed by atoms with Crippen LogP contribution in [-0.4, -0.2) is 22.3 Å². The molecule has 0 amide bonds. The molecule has 0 radical (unpaired) electrons. The molecule has 3 N–H and O–H groups in total. The van der Waals surface area contributed by atoms with Crippen LogP contribution in [-0.2, 0) is 6.32 Å². The van der Waals surface area contributed by atoms with Crippen LogP contribution >= 0.6 is 0 Å². The summed E-state index contributed by atoms with van der Waals surface area (Å²) in [6, 6.07) is 4.81. The van der Waals surface area contributed by atoms with Crippen molar-refractivity contribution in [3.63, 3.8) is 0 Å². The Labute approximate surface area is 71.4 Å². The van der Waals surface area contributed by atoms with Gasteiger partial charge >= 0.3 is 7.12 Å². The lowest BCUT2D eigenvalue weighted by Gasteiger charge is -2.04. The number of aryl methyl sites for hydroxylation is 1. The van der Waals surface area contributed by atoms with Gasteiger partial charge in [-0.25, -0.2) is 0 Å². The largest absolute Gasteiger partial charge is 0.508 e. The average Bonchev–Trinajstić information content (AvgIpc) is 1.94. The van der Waals surface area contributed by atoms with Crippen molar-refractivity contribution in [3.8, 4) is 5.75 Å². The zero-order valence-corrected chi connectivity index (χ0v) is 6.86. The minimum absolute atomic E-state index is 0.198. The van der Waals surface area contributed by atoms with E-state index in [0.29, 0.717) is 0 Å². The predicted octanol–water partition coefficient (Wildman–Crippen LogP) is 0.255. The van der Waals surface area contributed by atoms with E-state index in [1.807, 2.05) is 6.92 Å². The van der Waals surface area contributed by atoms with Crippen LogP contribution in [0.5, 0.6) is 5.75 Å². The van der Waals surface area contributed by atoms with E-state index in [1.165, 1.54) is 6.07 Å². The Morgan fingerprint density at radius 2 is 2.00 bits per heavy atom. The molecule has 4 heteroatoms. The molecule has 0 heterocycles. The second kappa shape index (κ2) is 3.60. The molecule has 1 rings (SSSR count). The van der Waals surface area contributed by atoms with E-state index in [-0.39, 0.29) is 12.1 Å². The standard InChI is InChI=1S/C8H11BO3/c1-6-4-8(10)3-2-7(6)5-9(11)12/h2-4,10-12H,5H2,1H3. The van der Waals surface area contributed by atoms with Crippen molar-refractivity contribution in [1.29, 1.82) is 0 Å². The Hall–Kier alpha value is -0.995. The molecule has 0 saturated heterocycles. The quantitative estimate of drug-likeness (QED) is 0.552. The van der Waals surface area contributed by atoms with Crippen molar-refractivity contribution >= 4 is 7.12 Å². The molecule has 1 aromatic rings. The number of phenols is 1. The van der Waals surface area contributed by atoms with E-state index in [1.54, 1.807) is 12.1 Å². The molecular weight excluding hydrogens is 155 g/mol. The lowest BCUT2D eigenvalue weighted by Crippen LogP contribution is -2.15. The van der Waals surface area contributed by atoms with Gasteiger partial charge < -0.3 is 15.2 Å². The minimum atomic E-state index is -1.33. The smallest absolute Gasteiger partial charge is 0.456 e. The molecule has 0 fully saturated rings. The number of hydrogen-bond acceptors (Lipinski definition) is 3. The molecule has 0 aliphatic heterocycles. The molecule has 12 heavy (non-hydrogen) atoms. The third kappa shape index (κ3) is 2.25. The Balaban J connectivity index is 2.86. The summed E-state index contributed by atoms with van der Waals surface area (Å²) in [5.41, 5.74) is 1.70. The summed E-state index contributed by atoms with van der Waals surface area (Å²) in [6.07, 6.45) is 0.201. The van der Waals surface area contributed by atoms with Crippen LogP contribution in [0.3, 0.4) is 0 Å². The number of benzene rings is 1. The number of aromatic hydroxyl groups is 1. The minimum Gasteiger partial charge on any atom is -0.508 e. The highest BCUT2D eigenvalue weighted by molar-refractivity contribution is 6.40. The monoisotopic (exact) mass is 166 g/mol. The van der Waals surface area contributed by atoms with Gasteiger partial charge in [0.25, 0.3) is 0 Å². The highest BCUT2D eigenvalue weighted by Crippen LogP contribution is 2.15. The van der Waals surface area contributed by atoms with E-state index < -0.39 is 7.12 Å². The molecule has 0 atom stereocenters. The van der Waals surface area contributed by atoms with Gasteiger partial charge in [-0.2, -0.15) is 0 Å². The van der Waals surface area contributed by atoms with E-state index in [9.17, 15) is 0 Å². The maximum atomic E-state index is 9.05. The third-order valence-corrected chi connectivity index (χ3v) is 1.73. The Morgan fingerprint density at radius 1 is 1.33 bits per heavy atom. The van der Waals surface area contributed by atoms with Crippen LogP contribution in [0.4, 0.5) is 0 Å². The number of phenolic OH excluding ortho intramolecular Hbond substituents is 1. The van der Waals surface area contributed by atoms with Crippen LogP contribution in [0.2, 0.25) is 0 Å². The number of rotatable bonds is 2. The van der Waals surface area contributed by atoms with Gasteiger partial charge in [0.2, 0.25) is 0 Å². The third-order valence-electron chi connectivity index (χ3n) is 1.73. The zero-order chi connectivity index (χ0) is 9.14. The van der Waals surface area contributed by atoms with Crippen molar-refractivity contribution in [1.82, 2.24) is 0 Å². The molecule has 0 aromatic heterocycles. The van der Waals surface area contributed by atoms with Crippen molar-refractivity contribution < 1.29 is 15.2 Å². The molecule has 0 unspecified atom stereocenters. The van der Waals surface area contributed by atoms with Gasteiger partial charge in [-0.05, 0) is 30.2 Å². The summed E-state index contributed by atoms with van der Waals surface area (Å²) in [6.45, 7) is 1.82. The predicted molar refractivity (Wildman–Crippen MR) is 46.7 cm³/mol. The lowest BCUT2D eigenvalue weighted by molar-refractivity contribution is 0.405. The van der Waals surface area contributed by atoms with Crippen LogP contribution < -0.4 is 0 Å². The maximum absolute atomic E-state index is 9.05. The van der Waals surface area contributed by atoms with Crippen molar-refractivity contribution in [2.75, 3.05) is 0 Å². The molecule has 0 bridgehead atoms. The maximum Gasteiger partial charge on any atom is 0.456 e. The van der Waals surface area contributed by atoms with Gasteiger partial charge in [-0.15, -0.1) is 0 Å². The van der Waals surface area contributed by atoms with Gasteiger partial charge in [0.1, 0.15) is 5.75 Å². The molecule has 64 valence electrons. The van der Waals surface area contributed by atoms with Gasteiger partial charge in [0.05, 0.1) is 0 Å². The molecule has 0 aliphatic carbocycles. The van der Waals surface area contributed by atoms with E-state index >= 15 is 0 Å². The van der Waals surface area contributed by atoms with Crippen LogP contribution in [0, 0.1) is 6.92 Å². The summed E-state index contributed by atoms with van der Waals surface area (Å²) in [7, 11) is -1.33. The summed E-state index contributed by atoms with van der Waals surface area (Å²) in [5.74, 6) is 0.198. The summed E-state index contributed by atoms with van der Waals surface area (Å²) in [4.78, 5) is 0.